The molecular formula is C11H15IN4O. The van der Waals surface area contributed by atoms with Gasteiger partial charge in [0.05, 0.1) is 19.3 Å². The van der Waals surface area contributed by atoms with Crippen LogP contribution in [0.25, 0.3) is 0 Å². The van der Waals surface area contributed by atoms with Crippen LogP contribution in [0.5, 0.6) is 0 Å². The normalized spacial score (nSPS) is 17.6. The van der Waals surface area contributed by atoms with Crippen LogP contribution in [0.15, 0.2) is 23.0 Å². The SMILES string of the molecule is Cn1cc(CC(C=NC2COC2)=CN)c(I)n1. The van der Waals surface area contributed by atoms with Gasteiger partial charge in [0.2, 0.25) is 0 Å². The third-order valence-corrected chi connectivity index (χ3v) is 3.44. The van der Waals surface area contributed by atoms with Crippen molar-refractivity contribution < 1.29 is 4.74 Å². The number of rotatable bonds is 4. The van der Waals surface area contributed by atoms with Crippen molar-refractivity contribution in [2.24, 2.45) is 17.8 Å². The molecule has 0 amide bonds. The Kier molecular flexibility index (Phi) is 4.16. The second-order valence-electron chi connectivity index (χ2n) is 4.01. The summed E-state index contributed by atoms with van der Waals surface area (Å²) in [6.45, 7) is 1.44. The first kappa shape index (κ1) is 12.6. The molecule has 1 fully saturated rings. The lowest BCUT2D eigenvalue weighted by atomic mass is 10.1. The van der Waals surface area contributed by atoms with Gasteiger partial charge in [-0.1, -0.05) is 0 Å². The fraction of sp³-hybridized carbons (Fsp3) is 0.455. The summed E-state index contributed by atoms with van der Waals surface area (Å²) in [7, 11) is 1.91. The maximum absolute atomic E-state index is 5.61. The predicted molar refractivity (Wildman–Crippen MR) is 75.0 cm³/mol. The number of aryl methyl sites for hydroxylation is 1. The highest BCUT2D eigenvalue weighted by Gasteiger charge is 2.16. The van der Waals surface area contributed by atoms with Crippen molar-refractivity contribution in [3.63, 3.8) is 0 Å². The highest BCUT2D eigenvalue weighted by molar-refractivity contribution is 14.1. The molecule has 0 radical (unpaired) electrons. The van der Waals surface area contributed by atoms with Gasteiger partial charge >= 0.3 is 0 Å². The molecule has 0 bridgehead atoms. The van der Waals surface area contributed by atoms with Crippen LogP contribution in [0.1, 0.15) is 5.56 Å². The fourth-order valence-electron chi connectivity index (χ4n) is 1.51. The van der Waals surface area contributed by atoms with Crippen molar-refractivity contribution in [1.82, 2.24) is 9.78 Å². The number of aliphatic imine (C=N–C) groups is 1. The van der Waals surface area contributed by atoms with Crippen molar-refractivity contribution in [1.29, 1.82) is 0 Å². The summed E-state index contributed by atoms with van der Waals surface area (Å²) in [5.41, 5.74) is 7.78. The lowest BCUT2D eigenvalue weighted by Crippen LogP contribution is -2.31. The zero-order chi connectivity index (χ0) is 12.3. The van der Waals surface area contributed by atoms with E-state index in [-0.39, 0.29) is 0 Å². The molecule has 1 aliphatic rings. The van der Waals surface area contributed by atoms with Crippen LogP contribution in [0.4, 0.5) is 0 Å². The molecule has 5 nitrogen and oxygen atoms in total. The first-order chi connectivity index (χ1) is 8.19. The lowest BCUT2D eigenvalue weighted by molar-refractivity contribution is 0.0135. The molecule has 0 spiro atoms. The molecular weight excluding hydrogens is 331 g/mol. The summed E-state index contributed by atoms with van der Waals surface area (Å²) in [5.74, 6) is 0. The first-order valence-corrected chi connectivity index (χ1v) is 6.46. The summed E-state index contributed by atoms with van der Waals surface area (Å²) in [6.07, 6.45) is 6.22. The van der Waals surface area contributed by atoms with Gasteiger partial charge in [-0.05, 0) is 34.4 Å². The summed E-state index contributed by atoms with van der Waals surface area (Å²) in [4.78, 5) is 4.41. The molecule has 0 saturated carbocycles. The number of nitrogens with zero attached hydrogens (tertiary/aromatic N) is 3. The summed E-state index contributed by atoms with van der Waals surface area (Å²) >= 11 is 2.23. The number of allylic oxidation sites excluding steroid dienone is 1. The van der Waals surface area contributed by atoms with Crippen molar-refractivity contribution in [3.8, 4) is 0 Å². The third-order valence-electron chi connectivity index (χ3n) is 2.53. The Bertz CT molecular complexity index is 448. The van der Waals surface area contributed by atoms with Gasteiger partial charge < -0.3 is 10.5 Å². The van der Waals surface area contributed by atoms with Crippen molar-refractivity contribution >= 4 is 28.8 Å². The monoisotopic (exact) mass is 346 g/mol. The van der Waals surface area contributed by atoms with Crippen LogP contribution >= 0.6 is 22.6 Å². The van der Waals surface area contributed by atoms with Crippen LogP contribution < -0.4 is 5.73 Å². The predicted octanol–water partition coefficient (Wildman–Crippen LogP) is 0.879. The third kappa shape index (κ3) is 3.29. The van der Waals surface area contributed by atoms with Gasteiger partial charge in [-0.2, -0.15) is 5.10 Å². The van der Waals surface area contributed by atoms with E-state index in [2.05, 4.69) is 32.7 Å². The van der Waals surface area contributed by atoms with E-state index in [0.29, 0.717) is 6.04 Å². The molecule has 92 valence electrons. The number of ether oxygens (including phenoxy) is 1. The van der Waals surface area contributed by atoms with Crippen LogP contribution in [-0.2, 0) is 18.2 Å². The minimum Gasteiger partial charge on any atom is -0.404 e. The topological polar surface area (TPSA) is 65.4 Å². The number of nitrogens with two attached hydrogens (primary N) is 1. The Balaban J connectivity index is 2.00. The van der Waals surface area contributed by atoms with Crippen LogP contribution in [0, 0.1) is 3.70 Å². The Hall–Kier alpha value is -0.890. The lowest BCUT2D eigenvalue weighted by Gasteiger charge is -2.21. The van der Waals surface area contributed by atoms with Crippen molar-refractivity contribution in [3.05, 3.63) is 27.2 Å². The average molecular weight is 346 g/mol. The zero-order valence-electron chi connectivity index (χ0n) is 9.64. The number of halogens is 1. The molecule has 1 aromatic rings. The molecule has 2 N–H and O–H groups in total. The van der Waals surface area contributed by atoms with E-state index < -0.39 is 0 Å². The van der Waals surface area contributed by atoms with E-state index in [4.69, 9.17) is 10.5 Å². The van der Waals surface area contributed by atoms with E-state index in [0.717, 1.165) is 28.9 Å². The smallest absolute Gasteiger partial charge is 0.126 e. The minimum absolute atomic E-state index is 0.304. The molecule has 6 heteroatoms. The van der Waals surface area contributed by atoms with E-state index in [1.807, 2.05) is 24.1 Å². The minimum atomic E-state index is 0.304. The Morgan fingerprint density at radius 3 is 3.00 bits per heavy atom. The van der Waals surface area contributed by atoms with Gasteiger partial charge in [0, 0.05) is 31.4 Å². The highest BCUT2D eigenvalue weighted by atomic mass is 127. The summed E-state index contributed by atoms with van der Waals surface area (Å²) in [5, 5.41) is 4.29. The molecule has 0 unspecified atom stereocenters. The van der Waals surface area contributed by atoms with E-state index >= 15 is 0 Å². The molecule has 1 saturated heterocycles. The van der Waals surface area contributed by atoms with Crippen LogP contribution in [-0.4, -0.2) is 35.3 Å². The van der Waals surface area contributed by atoms with Crippen molar-refractivity contribution in [2.75, 3.05) is 13.2 Å². The van der Waals surface area contributed by atoms with Gasteiger partial charge in [0.15, 0.2) is 0 Å². The standard InChI is InChI=1S/C11H15IN4O/c1-16-5-9(11(12)15-16)2-8(3-13)4-14-10-6-17-7-10/h3-5,10H,2,6-7,13H2,1H3. The van der Waals surface area contributed by atoms with E-state index in [1.165, 1.54) is 5.56 Å². The largest absolute Gasteiger partial charge is 0.404 e. The molecule has 0 aliphatic carbocycles. The fourth-order valence-corrected chi connectivity index (χ4v) is 2.18. The van der Waals surface area contributed by atoms with Crippen LogP contribution in [0.2, 0.25) is 0 Å². The molecule has 17 heavy (non-hydrogen) atoms. The van der Waals surface area contributed by atoms with Crippen LogP contribution in [0.3, 0.4) is 0 Å². The van der Waals surface area contributed by atoms with E-state index in [9.17, 15) is 0 Å². The molecule has 2 rings (SSSR count). The quantitative estimate of drug-likeness (QED) is 0.650. The first-order valence-electron chi connectivity index (χ1n) is 5.38. The van der Waals surface area contributed by atoms with Crippen molar-refractivity contribution in [2.45, 2.75) is 12.5 Å². The molecule has 1 aliphatic heterocycles. The maximum Gasteiger partial charge on any atom is 0.126 e. The van der Waals surface area contributed by atoms with E-state index in [1.54, 1.807) is 6.20 Å². The average Bonchev–Trinajstić information content (AvgIpc) is 2.53. The number of aromatic nitrogens is 2. The second-order valence-corrected chi connectivity index (χ2v) is 5.03. The molecule has 2 heterocycles. The van der Waals surface area contributed by atoms with Gasteiger partial charge in [0.25, 0.3) is 0 Å². The number of hydrogen-bond donors (Lipinski definition) is 1. The summed E-state index contributed by atoms with van der Waals surface area (Å²) in [6, 6.07) is 0.304. The molecule has 0 atom stereocenters. The zero-order valence-corrected chi connectivity index (χ0v) is 11.8. The van der Waals surface area contributed by atoms with Gasteiger partial charge in [-0.15, -0.1) is 0 Å². The Morgan fingerprint density at radius 2 is 2.53 bits per heavy atom. The Morgan fingerprint density at radius 1 is 1.76 bits per heavy atom. The number of hydrogen-bond acceptors (Lipinski definition) is 4. The van der Waals surface area contributed by atoms with Gasteiger partial charge in [-0.3, -0.25) is 9.67 Å². The van der Waals surface area contributed by atoms with Gasteiger partial charge in [-0.25, -0.2) is 0 Å². The highest BCUT2D eigenvalue weighted by Crippen LogP contribution is 2.13. The molecule has 1 aromatic heterocycles. The van der Waals surface area contributed by atoms with Gasteiger partial charge in [0.1, 0.15) is 3.70 Å². The molecule has 0 aromatic carbocycles. The summed E-state index contributed by atoms with van der Waals surface area (Å²) < 4.78 is 7.87. The Labute approximate surface area is 114 Å². The maximum atomic E-state index is 5.61. The second kappa shape index (κ2) is 5.63.